The molecule has 1 fully saturated rings. The topological polar surface area (TPSA) is 63.7 Å². The maximum Gasteiger partial charge on any atom is 0.310 e. The van der Waals surface area contributed by atoms with Crippen LogP contribution >= 0.6 is 27.3 Å². The second kappa shape index (κ2) is 6.76. The normalized spacial score (nSPS) is 20.4. The molecule has 21 heavy (non-hydrogen) atoms. The van der Waals surface area contributed by atoms with E-state index in [1.165, 1.54) is 15.6 Å². The van der Waals surface area contributed by atoms with Gasteiger partial charge in [-0.05, 0) is 48.7 Å². The second-order valence-corrected chi connectivity index (χ2v) is 9.47. The number of hydrogen-bond acceptors (Lipinski definition) is 5. The van der Waals surface area contributed by atoms with Crippen LogP contribution in [0.4, 0.5) is 0 Å². The van der Waals surface area contributed by atoms with Gasteiger partial charge in [0.15, 0.2) is 0 Å². The van der Waals surface area contributed by atoms with Crippen LogP contribution in [0.5, 0.6) is 0 Å². The number of carbonyl (C=O) groups excluding carboxylic acids is 1. The highest BCUT2D eigenvalue weighted by molar-refractivity contribution is 9.11. The van der Waals surface area contributed by atoms with Crippen LogP contribution in [0.3, 0.4) is 0 Å². The van der Waals surface area contributed by atoms with E-state index in [2.05, 4.69) is 15.9 Å². The number of thiophene rings is 1. The van der Waals surface area contributed by atoms with Crippen molar-refractivity contribution < 1.29 is 17.9 Å². The zero-order chi connectivity index (χ0) is 15.6. The van der Waals surface area contributed by atoms with E-state index in [-0.39, 0.29) is 18.4 Å². The molecule has 1 saturated heterocycles. The Hall–Kier alpha value is -0.440. The van der Waals surface area contributed by atoms with Gasteiger partial charge in [0.2, 0.25) is 10.0 Å². The molecule has 2 rings (SSSR count). The van der Waals surface area contributed by atoms with Gasteiger partial charge >= 0.3 is 5.97 Å². The minimum absolute atomic E-state index is 0.202. The van der Waals surface area contributed by atoms with E-state index in [4.69, 9.17) is 4.74 Å². The number of carbonyl (C=O) groups is 1. The van der Waals surface area contributed by atoms with E-state index in [9.17, 15) is 13.2 Å². The van der Waals surface area contributed by atoms with Crippen LogP contribution in [0.1, 0.15) is 24.6 Å². The monoisotopic (exact) mass is 395 g/mol. The molecule has 0 saturated carbocycles. The Balaban J connectivity index is 2.20. The molecule has 0 aromatic carbocycles. The van der Waals surface area contributed by atoms with Crippen molar-refractivity contribution in [2.75, 3.05) is 19.7 Å². The summed E-state index contributed by atoms with van der Waals surface area (Å²) in [5, 5.41) is 0. The molecule has 0 spiro atoms. The van der Waals surface area contributed by atoms with Crippen molar-refractivity contribution in [3.8, 4) is 0 Å². The van der Waals surface area contributed by atoms with E-state index in [1.54, 1.807) is 19.9 Å². The first-order valence-electron chi connectivity index (χ1n) is 6.79. The van der Waals surface area contributed by atoms with Crippen molar-refractivity contribution in [3.63, 3.8) is 0 Å². The summed E-state index contributed by atoms with van der Waals surface area (Å²) in [4.78, 5) is 12.9. The Morgan fingerprint density at radius 3 is 2.86 bits per heavy atom. The smallest absolute Gasteiger partial charge is 0.310 e. The van der Waals surface area contributed by atoms with E-state index in [0.29, 0.717) is 30.9 Å². The third-order valence-electron chi connectivity index (χ3n) is 3.46. The lowest BCUT2D eigenvalue weighted by Crippen LogP contribution is -2.42. The van der Waals surface area contributed by atoms with Crippen LogP contribution in [-0.2, 0) is 19.6 Å². The number of sulfonamides is 1. The predicted octanol–water partition coefficient (Wildman–Crippen LogP) is 2.78. The molecule has 1 aromatic heterocycles. The molecular formula is C13H18BrNO4S2. The van der Waals surface area contributed by atoms with Gasteiger partial charge in [-0.15, -0.1) is 11.3 Å². The fourth-order valence-electron chi connectivity index (χ4n) is 2.44. The van der Waals surface area contributed by atoms with Crippen LogP contribution < -0.4 is 0 Å². The maximum atomic E-state index is 12.7. The van der Waals surface area contributed by atoms with Crippen molar-refractivity contribution >= 4 is 43.3 Å². The molecule has 0 amide bonds. The lowest BCUT2D eigenvalue weighted by Gasteiger charge is -2.30. The molecule has 5 nitrogen and oxygen atoms in total. The molecule has 118 valence electrons. The number of rotatable bonds is 4. The predicted molar refractivity (Wildman–Crippen MR) is 84.9 cm³/mol. The minimum Gasteiger partial charge on any atom is -0.466 e. The maximum absolute atomic E-state index is 12.7. The van der Waals surface area contributed by atoms with Crippen molar-refractivity contribution in [2.45, 2.75) is 31.6 Å². The molecule has 0 bridgehead atoms. The highest BCUT2D eigenvalue weighted by atomic mass is 79.9. The van der Waals surface area contributed by atoms with Crippen molar-refractivity contribution in [1.82, 2.24) is 4.31 Å². The second-order valence-electron chi connectivity index (χ2n) is 4.93. The first-order valence-corrected chi connectivity index (χ1v) is 9.84. The number of nitrogens with zero attached hydrogens (tertiary/aromatic N) is 1. The molecule has 1 atom stereocenters. The van der Waals surface area contributed by atoms with Gasteiger partial charge in [-0.2, -0.15) is 4.31 Å². The van der Waals surface area contributed by atoms with Gasteiger partial charge in [-0.3, -0.25) is 4.79 Å². The summed E-state index contributed by atoms with van der Waals surface area (Å²) >= 11 is 4.71. The molecule has 0 radical (unpaired) electrons. The van der Waals surface area contributed by atoms with Crippen LogP contribution in [-0.4, -0.2) is 38.4 Å². The molecule has 0 aliphatic carbocycles. The first kappa shape index (κ1) is 16.9. The summed E-state index contributed by atoms with van der Waals surface area (Å²) in [6.07, 6.45) is 1.35. The van der Waals surface area contributed by atoms with Gasteiger partial charge < -0.3 is 4.74 Å². The molecule has 0 unspecified atom stereocenters. The van der Waals surface area contributed by atoms with E-state index in [0.717, 1.165) is 8.66 Å². The zero-order valence-electron chi connectivity index (χ0n) is 12.0. The molecule has 8 heteroatoms. The Morgan fingerprint density at radius 1 is 1.57 bits per heavy atom. The standard InChI is InChI=1S/C13H18BrNO4S2/c1-3-19-13(16)10-5-4-6-15(8-10)21(17,18)11-7-12(14)20-9(11)2/h7,10H,3-6,8H2,1-2H3/t10-/m1/s1. The minimum atomic E-state index is -3.55. The fourth-order valence-corrected chi connectivity index (χ4v) is 6.35. The number of ether oxygens (including phenoxy) is 1. The van der Waals surface area contributed by atoms with Crippen molar-refractivity contribution in [1.29, 1.82) is 0 Å². The summed E-state index contributed by atoms with van der Waals surface area (Å²) in [6, 6.07) is 1.63. The summed E-state index contributed by atoms with van der Waals surface area (Å²) in [5.41, 5.74) is 0. The quantitative estimate of drug-likeness (QED) is 0.735. The summed E-state index contributed by atoms with van der Waals surface area (Å²) < 4.78 is 32.6. The highest BCUT2D eigenvalue weighted by Gasteiger charge is 2.35. The van der Waals surface area contributed by atoms with Gasteiger partial charge in [0.25, 0.3) is 0 Å². The van der Waals surface area contributed by atoms with E-state index >= 15 is 0 Å². The Morgan fingerprint density at radius 2 is 2.29 bits per heavy atom. The molecular weight excluding hydrogens is 378 g/mol. The molecule has 1 aliphatic rings. The Labute approximate surface area is 137 Å². The number of aryl methyl sites for hydroxylation is 1. The van der Waals surface area contributed by atoms with Crippen molar-refractivity contribution in [2.24, 2.45) is 5.92 Å². The van der Waals surface area contributed by atoms with Crippen LogP contribution in [0.25, 0.3) is 0 Å². The number of esters is 1. The highest BCUT2D eigenvalue weighted by Crippen LogP contribution is 2.33. The summed E-state index contributed by atoms with van der Waals surface area (Å²) in [5.74, 6) is -0.670. The summed E-state index contributed by atoms with van der Waals surface area (Å²) in [6.45, 7) is 4.51. The van der Waals surface area contributed by atoms with Gasteiger partial charge in [0.05, 0.1) is 21.2 Å². The SMILES string of the molecule is CCOC(=O)[C@@H]1CCCN(S(=O)(=O)c2cc(Br)sc2C)C1. The average Bonchev–Trinajstić information content (AvgIpc) is 2.79. The van der Waals surface area contributed by atoms with Gasteiger partial charge in [-0.25, -0.2) is 8.42 Å². The number of piperidine rings is 1. The fraction of sp³-hybridized carbons (Fsp3) is 0.615. The molecule has 2 heterocycles. The van der Waals surface area contributed by atoms with Crippen LogP contribution in [0, 0.1) is 12.8 Å². The van der Waals surface area contributed by atoms with E-state index < -0.39 is 10.0 Å². The third kappa shape index (κ3) is 3.67. The average molecular weight is 396 g/mol. The first-order chi connectivity index (χ1) is 9.86. The Kier molecular flexibility index (Phi) is 5.45. The number of halogens is 1. The summed E-state index contributed by atoms with van der Waals surface area (Å²) in [7, 11) is -3.55. The van der Waals surface area contributed by atoms with Crippen molar-refractivity contribution in [3.05, 3.63) is 14.7 Å². The molecule has 1 aliphatic heterocycles. The zero-order valence-corrected chi connectivity index (χ0v) is 15.2. The third-order valence-corrected chi connectivity index (χ3v) is 7.14. The van der Waals surface area contributed by atoms with Gasteiger partial charge in [0, 0.05) is 18.0 Å². The number of hydrogen-bond donors (Lipinski definition) is 0. The largest absolute Gasteiger partial charge is 0.466 e. The van der Waals surface area contributed by atoms with Gasteiger partial charge in [-0.1, -0.05) is 0 Å². The molecule has 1 aromatic rings. The van der Waals surface area contributed by atoms with Crippen LogP contribution in [0.2, 0.25) is 0 Å². The lowest BCUT2D eigenvalue weighted by molar-refractivity contribution is -0.149. The van der Waals surface area contributed by atoms with E-state index in [1.807, 2.05) is 0 Å². The van der Waals surface area contributed by atoms with Gasteiger partial charge in [0.1, 0.15) is 0 Å². The molecule has 0 N–H and O–H groups in total. The lowest BCUT2D eigenvalue weighted by atomic mass is 10.0. The van der Waals surface area contributed by atoms with Crippen LogP contribution in [0.15, 0.2) is 14.7 Å². The Bertz CT molecular complexity index is 626.